The molecule has 0 unspecified atom stereocenters. The van der Waals surface area contributed by atoms with Gasteiger partial charge in [0.15, 0.2) is 0 Å². The zero-order valence-electron chi connectivity index (χ0n) is 11.0. The van der Waals surface area contributed by atoms with Crippen LogP contribution in [0.3, 0.4) is 0 Å². The molecule has 0 saturated carbocycles. The summed E-state index contributed by atoms with van der Waals surface area (Å²) in [6, 6.07) is 0. The molecule has 0 saturated heterocycles. The predicted octanol–water partition coefficient (Wildman–Crippen LogP) is 1.64. The number of aliphatic hydroxyl groups excluding tert-OH is 1. The maximum absolute atomic E-state index is 11.1. The van der Waals surface area contributed by atoms with Crippen molar-refractivity contribution in [2.24, 2.45) is 7.05 Å². The Bertz CT molecular complexity index is 415. The van der Waals surface area contributed by atoms with Crippen LogP contribution in [0, 0.1) is 10.1 Å². The highest BCUT2D eigenvalue weighted by Crippen LogP contribution is 2.32. The lowest BCUT2D eigenvalue weighted by Gasteiger charge is -2.05. The molecule has 7 nitrogen and oxygen atoms in total. The maximum atomic E-state index is 11.1. The van der Waals surface area contributed by atoms with Crippen molar-refractivity contribution in [2.75, 3.05) is 18.5 Å². The number of anilines is 1. The van der Waals surface area contributed by atoms with Crippen LogP contribution in [0.25, 0.3) is 0 Å². The third-order valence-electron chi connectivity index (χ3n) is 2.66. The van der Waals surface area contributed by atoms with Crippen molar-refractivity contribution in [3.8, 4) is 0 Å². The molecule has 0 atom stereocenters. The second-order valence-electron chi connectivity index (χ2n) is 4.48. The fraction of sp³-hybridized carbons (Fsp3) is 0.727. The lowest BCUT2D eigenvalue weighted by Crippen LogP contribution is -2.08. The molecule has 2 N–H and O–H groups in total. The summed E-state index contributed by atoms with van der Waals surface area (Å²) in [5, 5.41) is 27.0. The van der Waals surface area contributed by atoms with Crippen LogP contribution in [0.4, 0.5) is 11.5 Å². The van der Waals surface area contributed by atoms with E-state index in [0.717, 1.165) is 6.42 Å². The van der Waals surface area contributed by atoms with E-state index in [4.69, 9.17) is 5.11 Å². The lowest BCUT2D eigenvalue weighted by molar-refractivity contribution is -0.384. The van der Waals surface area contributed by atoms with Gasteiger partial charge >= 0.3 is 5.69 Å². The fourth-order valence-corrected chi connectivity index (χ4v) is 1.74. The van der Waals surface area contributed by atoms with Gasteiger partial charge in [0.05, 0.1) is 4.92 Å². The van der Waals surface area contributed by atoms with Crippen molar-refractivity contribution in [2.45, 2.75) is 32.6 Å². The molecule has 1 aromatic heterocycles. The third kappa shape index (κ3) is 3.19. The monoisotopic (exact) mass is 256 g/mol. The van der Waals surface area contributed by atoms with E-state index < -0.39 is 4.92 Å². The van der Waals surface area contributed by atoms with Gasteiger partial charge in [-0.15, -0.1) is 0 Å². The molecule has 7 heteroatoms. The number of aliphatic hydroxyl groups is 1. The van der Waals surface area contributed by atoms with E-state index in [1.165, 1.54) is 4.68 Å². The first-order valence-corrected chi connectivity index (χ1v) is 6.05. The molecule has 0 amide bonds. The summed E-state index contributed by atoms with van der Waals surface area (Å²) in [5.41, 5.74) is 0.545. The first-order valence-electron chi connectivity index (χ1n) is 6.05. The van der Waals surface area contributed by atoms with Crippen LogP contribution in [0.2, 0.25) is 0 Å². The van der Waals surface area contributed by atoms with Crippen LogP contribution in [0.1, 0.15) is 38.3 Å². The average molecular weight is 256 g/mol. The molecule has 1 rings (SSSR count). The molecular weight excluding hydrogens is 236 g/mol. The van der Waals surface area contributed by atoms with Crippen molar-refractivity contribution in [3.63, 3.8) is 0 Å². The molecule has 0 spiro atoms. The van der Waals surface area contributed by atoms with E-state index in [0.29, 0.717) is 24.5 Å². The zero-order chi connectivity index (χ0) is 13.7. The summed E-state index contributed by atoms with van der Waals surface area (Å²) in [5.74, 6) is 0.436. The number of nitrogens with zero attached hydrogens (tertiary/aromatic N) is 3. The molecule has 0 aliphatic carbocycles. The number of hydrogen-bond acceptors (Lipinski definition) is 5. The Morgan fingerprint density at radius 1 is 1.50 bits per heavy atom. The SMILES string of the molecule is CC(C)c1nn(C)c(NCCCCO)c1[N+](=O)[O-]. The van der Waals surface area contributed by atoms with E-state index >= 15 is 0 Å². The largest absolute Gasteiger partial charge is 0.396 e. The molecule has 102 valence electrons. The summed E-state index contributed by atoms with van der Waals surface area (Å²) >= 11 is 0. The molecule has 18 heavy (non-hydrogen) atoms. The van der Waals surface area contributed by atoms with Crippen molar-refractivity contribution >= 4 is 11.5 Å². The Morgan fingerprint density at radius 2 is 2.17 bits per heavy atom. The summed E-state index contributed by atoms with van der Waals surface area (Å²) < 4.78 is 1.51. The molecule has 0 aliphatic rings. The van der Waals surface area contributed by atoms with E-state index in [-0.39, 0.29) is 18.2 Å². The normalized spacial score (nSPS) is 10.9. The minimum atomic E-state index is -0.392. The summed E-state index contributed by atoms with van der Waals surface area (Å²) in [6.07, 6.45) is 1.44. The van der Waals surface area contributed by atoms with Crippen molar-refractivity contribution in [1.29, 1.82) is 0 Å². The van der Waals surface area contributed by atoms with Gasteiger partial charge < -0.3 is 10.4 Å². The van der Waals surface area contributed by atoms with Gasteiger partial charge in [0.2, 0.25) is 5.82 Å². The Morgan fingerprint density at radius 3 is 2.67 bits per heavy atom. The highest BCUT2D eigenvalue weighted by atomic mass is 16.6. The Kier molecular flexibility index (Phi) is 5.08. The smallest absolute Gasteiger partial charge is 0.334 e. The third-order valence-corrected chi connectivity index (χ3v) is 2.66. The van der Waals surface area contributed by atoms with Crippen LogP contribution >= 0.6 is 0 Å². The standard InChI is InChI=1S/C11H20N4O3/c1-8(2)9-10(15(17)18)11(14(3)13-9)12-6-4-5-7-16/h8,12,16H,4-7H2,1-3H3. The first-order chi connectivity index (χ1) is 8.49. The van der Waals surface area contributed by atoms with Gasteiger partial charge in [-0.25, -0.2) is 4.68 Å². The summed E-state index contributed by atoms with van der Waals surface area (Å²) in [4.78, 5) is 10.7. The van der Waals surface area contributed by atoms with E-state index in [9.17, 15) is 10.1 Å². The number of nitrogens with one attached hydrogen (secondary N) is 1. The van der Waals surface area contributed by atoms with Gasteiger partial charge in [-0.1, -0.05) is 13.8 Å². The van der Waals surface area contributed by atoms with Gasteiger partial charge in [0.1, 0.15) is 5.69 Å². The van der Waals surface area contributed by atoms with Gasteiger partial charge in [-0.2, -0.15) is 5.10 Å². The van der Waals surface area contributed by atoms with E-state index in [2.05, 4.69) is 10.4 Å². The Hall–Kier alpha value is -1.63. The van der Waals surface area contributed by atoms with Gasteiger partial charge in [-0.3, -0.25) is 10.1 Å². The zero-order valence-corrected chi connectivity index (χ0v) is 11.0. The Labute approximate surface area is 106 Å². The lowest BCUT2D eigenvalue weighted by atomic mass is 10.1. The van der Waals surface area contributed by atoms with Gasteiger partial charge in [-0.05, 0) is 12.8 Å². The molecule has 1 heterocycles. The highest BCUT2D eigenvalue weighted by Gasteiger charge is 2.27. The summed E-state index contributed by atoms with van der Waals surface area (Å²) in [6.45, 7) is 4.47. The fourth-order valence-electron chi connectivity index (χ4n) is 1.74. The van der Waals surface area contributed by atoms with E-state index in [1.54, 1.807) is 7.05 Å². The number of aryl methyl sites for hydroxylation is 1. The molecule has 0 bridgehead atoms. The minimum Gasteiger partial charge on any atom is -0.396 e. The molecular formula is C11H20N4O3. The minimum absolute atomic E-state index is 0.00425. The second kappa shape index (κ2) is 6.34. The second-order valence-corrected chi connectivity index (χ2v) is 4.48. The van der Waals surface area contributed by atoms with E-state index in [1.807, 2.05) is 13.8 Å². The number of hydrogen-bond donors (Lipinski definition) is 2. The van der Waals surface area contributed by atoms with Crippen molar-refractivity contribution < 1.29 is 10.0 Å². The number of rotatable bonds is 7. The Balaban J connectivity index is 2.92. The molecule has 0 radical (unpaired) electrons. The highest BCUT2D eigenvalue weighted by molar-refractivity contribution is 5.60. The van der Waals surface area contributed by atoms with Crippen LogP contribution in [0.15, 0.2) is 0 Å². The van der Waals surface area contributed by atoms with Crippen LogP contribution in [-0.4, -0.2) is 33.0 Å². The van der Waals surface area contributed by atoms with Crippen molar-refractivity contribution in [1.82, 2.24) is 9.78 Å². The predicted molar refractivity (Wildman–Crippen MR) is 68.8 cm³/mol. The number of aromatic nitrogens is 2. The van der Waals surface area contributed by atoms with Crippen molar-refractivity contribution in [3.05, 3.63) is 15.8 Å². The molecule has 0 aromatic carbocycles. The molecule has 0 fully saturated rings. The van der Waals surface area contributed by atoms with Gasteiger partial charge in [0, 0.05) is 26.1 Å². The van der Waals surface area contributed by atoms with Crippen LogP contribution < -0.4 is 5.32 Å². The quantitative estimate of drug-likeness (QED) is 0.439. The molecule has 1 aromatic rings. The number of unbranched alkanes of at least 4 members (excludes halogenated alkanes) is 1. The van der Waals surface area contributed by atoms with Gasteiger partial charge in [0.25, 0.3) is 0 Å². The van der Waals surface area contributed by atoms with Crippen LogP contribution in [0.5, 0.6) is 0 Å². The average Bonchev–Trinajstić information content (AvgIpc) is 2.62. The van der Waals surface area contributed by atoms with Crippen LogP contribution in [-0.2, 0) is 7.05 Å². The first kappa shape index (κ1) is 14.4. The number of nitro groups is 1. The summed E-state index contributed by atoms with van der Waals surface area (Å²) in [7, 11) is 1.69. The maximum Gasteiger partial charge on any atom is 0.334 e. The molecule has 0 aliphatic heterocycles. The topological polar surface area (TPSA) is 93.2 Å².